The summed E-state index contributed by atoms with van der Waals surface area (Å²) in [6.07, 6.45) is 2.48. The first kappa shape index (κ1) is 12.1. The van der Waals surface area contributed by atoms with Crippen LogP contribution in [0.5, 0.6) is 5.75 Å². The molecule has 0 saturated carbocycles. The van der Waals surface area contributed by atoms with Crippen LogP contribution in [0, 0.1) is 0 Å². The highest BCUT2D eigenvalue weighted by Gasteiger charge is 2.09. The second-order valence-corrected chi connectivity index (χ2v) is 3.79. The highest BCUT2D eigenvalue weighted by Crippen LogP contribution is 2.25. The fourth-order valence-electron chi connectivity index (χ4n) is 1.71. The lowest BCUT2D eigenvalue weighted by Gasteiger charge is -2.19. The van der Waals surface area contributed by atoms with Crippen LogP contribution in [-0.4, -0.2) is 25.4 Å². The molecule has 1 aromatic heterocycles. The van der Waals surface area contributed by atoms with Gasteiger partial charge in [0.05, 0.1) is 12.7 Å². The van der Waals surface area contributed by atoms with Crippen LogP contribution in [0.1, 0.15) is 10.4 Å². The predicted octanol–water partition coefficient (Wildman–Crippen LogP) is 2.67. The third-order valence-corrected chi connectivity index (χ3v) is 2.72. The third-order valence-electron chi connectivity index (χ3n) is 2.72. The number of rotatable bonds is 4. The summed E-state index contributed by atoms with van der Waals surface area (Å²) >= 11 is 0. The Balaban J connectivity index is 2.34. The number of methoxy groups -OCH3 is 1. The summed E-state index contributed by atoms with van der Waals surface area (Å²) in [5.41, 5.74) is 1.51. The van der Waals surface area contributed by atoms with Gasteiger partial charge in [0.25, 0.3) is 0 Å². The Bertz CT molecular complexity index is 538. The molecule has 0 unspecified atom stereocenters. The number of benzene rings is 1. The molecule has 0 N–H and O–H groups in total. The molecule has 0 atom stereocenters. The zero-order valence-electron chi connectivity index (χ0n) is 10.3. The standard InChI is InChI=1S/C14H14N2O2/c1-16(12-5-7-13(18-2)8-6-12)14-11(10-17)4-3-9-15-14/h3-10H,1-2H3. The number of hydrogen-bond donors (Lipinski definition) is 0. The van der Waals surface area contributed by atoms with Gasteiger partial charge in [-0.3, -0.25) is 4.79 Å². The fourth-order valence-corrected chi connectivity index (χ4v) is 1.71. The van der Waals surface area contributed by atoms with E-state index in [4.69, 9.17) is 4.74 Å². The molecule has 1 aromatic carbocycles. The largest absolute Gasteiger partial charge is 0.497 e. The second-order valence-electron chi connectivity index (χ2n) is 3.79. The average molecular weight is 242 g/mol. The first-order valence-electron chi connectivity index (χ1n) is 5.54. The molecule has 1 heterocycles. The van der Waals surface area contributed by atoms with Gasteiger partial charge in [0, 0.05) is 18.9 Å². The molecule has 0 aliphatic carbocycles. The van der Waals surface area contributed by atoms with E-state index in [-0.39, 0.29) is 0 Å². The number of anilines is 2. The summed E-state index contributed by atoms with van der Waals surface area (Å²) in [7, 11) is 3.50. The van der Waals surface area contributed by atoms with Gasteiger partial charge in [-0.1, -0.05) is 0 Å². The number of pyridine rings is 1. The van der Waals surface area contributed by atoms with Crippen molar-refractivity contribution in [3.8, 4) is 5.75 Å². The Morgan fingerprint density at radius 3 is 2.56 bits per heavy atom. The molecular formula is C14H14N2O2. The number of ether oxygens (including phenoxy) is 1. The molecule has 4 heteroatoms. The molecule has 0 aliphatic heterocycles. The van der Waals surface area contributed by atoms with Crippen molar-refractivity contribution in [2.24, 2.45) is 0 Å². The summed E-state index contributed by atoms with van der Waals surface area (Å²) in [5, 5.41) is 0. The molecule has 2 aromatic rings. The van der Waals surface area contributed by atoms with Crippen molar-refractivity contribution < 1.29 is 9.53 Å². The Morgan fingerprint density at radius 1 is 1.22 bits per heavy atom. The monoisotopic (exact) mass is 242 g/mol. The van der Waals surface area contributed by atoms with Crippen molar-refractivity contribution in [1.82, 2.24) is 4.98 Å². The minimum absolute atomic E-state index is 0.566. The minimum Gasteiger partial charge on any atom is -0.497 e. The highest BCUT2D eigenvalue weighted by atomic mass is 16.5. The van der Waals surface area contributed by atoms with Crippen LogP contribution >= 0.6 is 0 Å². The quantitative estimate of drug-likeness (QED) is 0.773. The number of hydrogen-bond acceptors (Lipinski definition) is 4. The molecule has 0 spiro atoms. The van der Waals surface area contributed by atoms with Crippen LogP contribution in [0.4, 0.5) is 11.5 Å². The maximum atomic E-state index is 11.0. The molecule has 92 valence electrons. The van der Waals surface area contributed by atoms with Crippen LogP contribution in [0.2, 0.25) is 0 Å². The Morgan fingerprint density at radius 2 is 1.94 bits per heavy atom. The topological polar surface area (TPSA) is 42.4 Å². The van der Waals surface area contributed by atoms with Crippen LogP contribution < -0.4 is 9.64 Å². The number of aldehydes is 1. The first-order valence-corrected chi connectivity index (χ1v) is 5.54. The van der Waals surface area contributed by atoms with E-state index in [1.165, 1.54) is 0 Å². The van der Waals surface area contributed by atoms with Gasteiger partial charge in [-0.05, 0) is 36.4 Å². The third kappa shape index (κ3) is 2.32. The van der Waals surface area contributed by atoms with Gasteiger partial charge in [0.1, 0.15) is 11.6 Å². The molecule has 0 amide bonds. The van der Waals surface area contributed by atoms with E-state index < -0.39 is 0 Å². The Labute approximate surface area is 106 Å². The maximum absolute atomic E-state index is 11.0. The predicted molar refractivity (Wildman–Crippen MR) is 70.7 cm³/mol. The fraction of sp³-hybridized carbons (Fsp3) is 0.143. The van der Waals surface area contributed by atoms with E-state index >= 15 is 0 Å². The van der Waals surface area contributed by atoms with Gasteiger partial charge in [-0.2, -0.15) is 0 Å². The molecule has 0 bridgehead atoms. The highest BCUT2D eigenvalue weighted by molar-refractivity contribution is 5.84. The molecule has 2 rings (SSSR count). The molecule has 0 radical (unpaired) electrons. The minimum atomic E-state index is 0.566. The van der Waals surface area contributed by atoms with Crippen molar-refractivity contribution in [2.75, 3.05) is 19.1 Å². The molecule has 18 heavy (non-hydrogen) atoms. The van der Waals surface area contributed by atoms with Crippen LogP contribution in [-0.2, 0) is 0 Å². The number of carbonyl (C=O) groups excluding carboxylic acids is 1. The zero-order chi connectivity index (χ0) is 13.0. The number of carbonyl (C=O) groups is 1. The second kappa shape index (κ2) is 5.31. The van der Waals surface area contributed by atoms with Crippen molar-refractivity contribution in [1.29, 1.82) is 0 Å². The summed E-state index contributed by atoms with van der Waals surface area (Å²) in [5.74, 6) is 1.43. The first-order chi connectivity index (χ1) is 8.76. The lowest BCUT2D eigenvalue weighted by Crippen LogP contribution is -2.13. The van der Waals surface area contributed by atoms with E-state index in [1.807, 2.05) is 36.2 Å². The SMILES string of the molecule is COc1ccc(N(C)c2ncccc2C=O)cc1. The van der Waals surface area contributed by atoms with E-state index in [0.717, 1.165) is 17.7 Å². The van der Waals surface area contributed by atoms with Gasteiger partial charge in [-0.25, -0.2) is 4.98 Å². The van der Waals surface area contributed by atoms with Crippen molar-refractivity contribution in [2.45, 2.75) is 0 Å². The molecular weight excluding hydrogens is 228 g/mol. The number of nitrogens with zero attached hydrogens (tertiary/aromatic N) is 2. The summed E-state index contributed by atoms with van der Waals surface area (Å²) < 4.78 is 5.11. The van der Waals surface area contributed by atoms with E-state index in [0.29, 0.717) is 11.4 Å². The zero-order valence-corrected chi connectivity index (χ0v) is 10.3. The van der Waals surface area contributed by atoms with Gasteiger partial charge < -0.3 is 9.64 Å². The average Bonchev–Trinajstić information content (AvgIpc) is 2.46. The summed E-state index contributed by atoms with van der Waals surface area (Å²) in [4.78, 5) is 17.1. The Hall–Kier alpha value is -2.36. The number of aromatic nitrogens is 1. The van der Waals surface area contributed by atoms with E-state index in [9.17, 15) is 4.79 Å². The van der Waals surface area contributed by atoms with Gasteiger partial charge in [0.15, 0.2) is 6.29 Å². The van der Waals surface area contributed by atoms with Gasteiger partial charge in [0.2, 0.25) is 0 Å². The van der Waals surface area contributed by atoms with E-state index in [1.54, 1.807) is 25.4 Å². The van der Waals surface area contributed by atoms with Gasteiger partial charge >= 0.3 is 0 Å². The summed E-state index contributed by atoms with van der Waals surface area (Å²) in [6.45, 7) is 0. The maximum Gasteiger partial charge on any atom is 0.153 e. The molecule has 0 aliphatic rings. The van der Waals surface area contributed by atoms with Crippen LogP contribution in [0.25, 0.3) is 0 Å². The lowest BCUT2D eigenvalue weighted by molar-refractivity contribution is 0.112. The Kier molecular flexibility index (Phi) is 3.57. The van der Waals surface area contributed by atoms with Gasteiger partial charge in [-0.15, -0.1) is 0 Å². The van der Waals surface area contributed by atoms with Crippen molar-refractivity contribution >= 4 is 17.8 Å². The summed E-state index contributed by atoms with van der Waals surface area (Å²) in [6, 6.07) is 11.1. The lowest BCUT2D eigenvalue weighted by atomic mass is 10.2. The van der Waals surface area contributed by atoms with Crippen LogP contribution in [0.3, 0.4) is 0 Å². The smallest absolute Gasteiger partial charge is 0.153 e. The molecule has 0 fully saturated rings. The van der Waals surface area contributed by atoms with Crippen molar-refractivity contribution in [3.05, 3.63) is 48.2 Å². The normalized spacial score (nSPS) is 9.89. The van der Waals surface area contributed by atoms with E-state index in [2.05, 4.69) is 4.98 Å². The van der Waals surface area contributed by atoms with Crippen LogP contribution in [0.15, 0.2) is 42.6 Å². The molecule has 0 saturated heterocycles. The molecule has 4 nitrogen and oxygen atoms in total. The van der Waals surface area contributed by atoms with Crippen molar-refractivity contribution in [3.63, 3.8) is 0 Å².